The summed E-state index contributed by atoms with van der Waals surface area (Å²) in [7, 11) is 1.54. The van der Waals surface area contributed by atoms with Gasteiger partial charge in [0, 0.05) is 6.54 Å². The second-order valence-corrected chi connectivity index (χ2v) is 7.14. The summed E-state index contributed by atoms with van der Waals surface area (Å²) in [4.78, 5) is 13.9. The zero-order chi connectivity index (χ0) is 19.5. The third-order valence-electron chi connectivity index (χ3n) is 4.28. The average Bonchev–Trinajstić information content (AvgIpc) is 3.13. The summed E-state index contributed by atoms with van der Waals surface area (Å²) in [5.74, 6) is 1.18. The Balaban J connectivity index is 1.63. The number of nitrogen functional groups attached to an aromatic ring is 1. The van der Waals surface area contributed by atoms with Gasteiger partial charge in [-0.3, -0.25) is 0 Å². The molecule has 2 aliphatic rings. The van der Waals surface area contributed by atoms with Gasteiger partial charge in [-0.25, -0.2) is 19.3 Å². The van der Waals surface area contributed by atoms with E-state index in [9.17, 15) is 4.39 Å². The molecule has 2 aliphatic heterocycles. The number of nitrogens with two attached hydrogens (primary N) is 1. The van der Waals surface area contributed by atoms with Crippen LogP contribution in [0.2, 0.25) is 0 Å². The molecule has 0 aromatic heterocycles. The Morgan fingerprint density at radius 2 is 1.96 bits per heavy atom. The Hall–Kier alpha value is -3.13. The number of rotatable bonds is 6. The van der Waals surface area contributed by atoms with Crippen molar-refractivity contribution in [2.75, 3.05) is 12.8 Å². The Morgan fingerprint density at radius 1 is 1.14 bits per heavy atom. The third kappa shape index (κ3) is 3.77. The monoisotopic (exact) mass is 395 g/mol. The molecule has 142 valence electrons. The van der Waals surface area contributed by atoms with Crippen LogP contribution in [-0.4, -0.2) is 26.6 Å². The van der Waals surface area contributed by atoms with Crippen molar-refractivity contribution in [1.82, 2.24) is 19.5 Å². The van der Waals surface area contributed by atoms with E-state index in [1.165, 1.54) is 29.5 Å². The number of fused-ring (bicyclic) bond motifs is 1. The van der Waals surface area contributed by atoms with Crippen LogP contribution in [0.5, 0.6) is 5.75 Å². The standard InChI is InChI=1S/C20H18FN5OS/c1-27-15-8-7-14(21)11-16(15)28-20-24-17-18(22)23-12-26(19(17)25-20)10-9-13-5-3-2-4-6-13/h2-8,11-12H,9-10,22H2,1H3. The van der Waals surface area contributed by atoms with E-state index in [1.807, 2.05) is 22.8 Å². The molecule has 0 radical (unpaired) electrons. The number of hydrogen-bond donors (Lipinski definition) is 1. The molecule has 0 unspecified atom stereocenters. The summed E-state index contributed by atoms with van der Waals surface area (Å²) in [5, 5.41) is 0.465. The van der Waals surface area contributed by atoms with Crippen molar-refractivity contribution >= 4 is 17.6 Å². The maximum atomic E-state index is 13.6. The summed E-state index contributed by atoms with van der Waals surface area (Å²) in [5.41, 5.74) is 7.75. The van der Waals surface area contributed by atoms with Crippen LogP contribution in [0.15, 0.2) is 64.9 Å². The minimum absolute atomic E-state index is 0.316. The molecule has 0 saturated carbocycles. The number of nitrogens with zero attached hydrogens (tertiary/aromatic N) is 4. The van der Waals surface area contributed by atoms with Crippen LogP contribution in [0, 0.1) is 5.82 Å². The quantitative estimate of drug-likeness (QED) is 0.533. The Bertz CT molecular complexity index is 1070. The van der Waals surface area contributed by atoms with E-state index in [2.05, 4.69) is 27.1 Å². The predicted molar refractivity (Wildman–Crippen MR) is 106 cm³/mol. The van der Waals surface area contributed by atoms with Gasteiger partial charge in [0.1, 0.15) is 11.6 Å². The number of benzene rings is 2. The molecule has 8 heteroatoms. The van der Waals surface area contributed by atoms with Gasteiger partial charge in [-0.1, -0.05) is 30.3 Å². The van der Waals surface area contributed by atoms with Crippen molar-refractivity contribution in [3.63, 3.8) is 0 Å². The van der Waals surface area contributed by atoms with E-state index >= 15 is 0 Å². The molecule has 4 rings (SSSR count). The van der Waals surface area contributed by atoms with Crippen LogP contribution >= 0.6 is 11.8 Å². The summed E-state index contributed by atoms with van der Waals surface area (Å²) in [6, 6.07) is 14.5. The lowest BCUT2D eigenvalue weighted by atomic mass is 10.1. The third-order valence-corrected chi connectivity index (χ3v) is 5.19. The van der Waals surface area contributed by atoms with Gasteiger partial charge >= 0.3 is 0 Å². The van der Waals surface area contributed by atoms with Crippen molar-refractivity contribution in [3.8, 4) is 17.3 Å². The van der Waals surface area contributed by atoms with Crippen LogP contribution in [0.4, 0.5) is 10.2 Å². The van der Waals surface area contributed by atoms with Crippen LogP contribution in [-0.2, 0) is 13.0 Å². The van der Waals surface area contributed by atoms with E-state index in [1.54, 1.807) is 19.5 Å². The van der Waals surface area contributed by atoms with E-state index in [0.29, 0.717) is 39.7 Å². The fourth-order valence-electron chi connectivity index (χ4n) is 2.87. The first-order chi connectivity index (χ1) is 13.6. The average molecular weight is 395 g/mol. The number of aryl methyl sites for hydroxylation is 2. The minimum Gasteiger partial charge on any atom is -0.496 e. The van der Waals surface area contributed by atoms with Crippen molar-refractivity contribution in [1.29, 1.82) is 0 Å². The number of methoxy groups -OCH3 is 1. The van der Waals surface area contributed by atoms with Gasteiger partial charge < -0.3 is 15.0 Å². The van der Waals surface area contributed by atoms with Crippen LogP contribution in [0.25, 0.3) is 11.5 Å². The molecule has 0 fully saturated rings. The molecule has 28 heavy (non-hydrogen) atoms. The SMILES string of the molecule is COc1ccc(F)cc1Sc1nc2c(N)ncn(CCc3ccccc3)c-2n1. The zero-order valence-corrected chi connectivity index (χ0v) is 16.0. The van der Waals surface area contributed by atoms with Crippen LogP contribution in [0.1, 0.15) is 5.56 Å². The van der Waals surface area contributed by atoms with Gasteiger partial charge in [0.05, 0.1) is 18.3 Å². The van der Waals surface area contributed by atoms with E-state index < -0.39 is 0 Å². The Morgan fingerprint density at radius 3 is 2.75 bits per heavy atom. The minimum atomic E-state index is -0.349. The summed E-state index contributed by atoms with van der Waals surface area (Å²) in [6.45, 7) is 0.694. The second kappa shape index (κ2) is 7.85. The number of ether oxygens (including phenoxy) is 1. The van der Waals surface area contributed by atoms with E-state index in [-0.39, 0.29) is 5.82 Å². The maximum absolute atomic E-state index is 13.6. The first-order valence-electron chi connectivity index (χ1n) is 8.67. The van der Waals surface area contributed by atoms with Gasteiger partial charge in [-0.2, -0.15) is 0 Å². The highest BCUT2D eigenvalue weighted by Gasteiger charge is 2.20. The lowest BCUT2D eigenvalue weighted by molar-refractivity contribution is 0.403. The normalized spacial score (nSPS) is 11.1. The lowest BCUT2D eigenvalue weighted by Gasteiger charge is -2.11. The number of halogens is 1. The highest BCUT2D eigenvalue weighted by atomic mass is 32.2. The second-order valence-electron chi connectivity index (χ2n) is 6.13. The molecule has 2 aromatic rings. The molecule has 0 aliphatic carbocycles. The van der Waals surface area contributed by atoms with Gasteiger partial charge in [0.2, 0.25) is 0 Å². The van der Waals surface area contributed by atoms with Crippen molar-refractivity contribution < 1.29 is 9.13 Å². The van der Waals surface area contributed by atoms with Gasteiger partial charge in [0.15, 0.2) is 22.5 Å². The molecule has 0 atom stereocenters. The molecular formula is C20H18FN5OS. The molecule has 2 aromatic carbocycles. The van der Waals surface area contributed by atoms with Gasteiger partial charge in [-0.15, -0.1) is 0 Å². The molecule has 0 bridgehead atoms. The molecular weight excluding hydrogens is 377 g/mol. The highest BCUT2D eigenvalue weighted by molar-refractivity contribution is 7.99. The van der Waals surface area contributed by atoms with Crippen LogP contribution in [0.3, 0.4) is 0 Å². The molecule has 2 N–H and O–H groups in total. The molecule has 0 amide bonds. The van der Waals surface area contributed by atoms with Gasteiger partial charge in [-0.05, 0) is 41.9 Å². The number of anilines is 1. The van der Waals surface area contributed by atoms with E-state index in [4.69, 9.17) is 10.5 Å². The van der Waals surface area contributed by atoms with E-state index in [0.717, 1.165) is 6.42 Å². The molecule has 0 saturated heterocycles. The van der Waals surface area contributed by atoms with Crippen molar-refractivity contribution in [2.45, 2.75) is 23.0 Å². The summed E-state index contributed by atoms with van der Waals surface area (Å²) in [6.07, 6.45) is 2.51. The molecule has 0 spiro atoms. The van der Waals surface area contributed by atoms with Crippen LogP contribution < -0.4 is 10.5 Å². The van der Waals surface area contributed by atoms with Crippen molar-refractivity contribution in [2.24, 2.45) is 0 Å². The van der Waals surface area contributed by atoms with Gasteiger partial charge in [0.25, 0.3) is 0 Å². The number of hydrogen-bond acceptors (Lipinski definition) is 6. The smallest absolute Gasteiger partial charge is 0.195 e. The first-order valence-corrected chi connectivity index (χ1v) is 9.49. The zero-order valence-electron chi connectivity index (χ0n) is 15.2. The fourth-order valence-corrected chi connectivity index (χ4v) is 3.76. The Kier molecular flexibility index (Phi) is 5.12. The number of imidazole rings is 1. The number of aromatic nitrogens is 4. The topological polar surface area (TPSA) is 78.9 Å². The summed E-state index contributed by atoms with van der Waals surface area (Å²) < 4.78 is 20.9. The lowest BCUT2D eigenvalue weighted by Crippen LogP contribution is -2.09. The largest absolute Gasteiger partial charge is 0.496 e. The predicted octanol–water partition coefficient (Wildman–Crippen LogP) is 3.90. The maximum Gasteiger partial charge on any atom is 0.195 e. The molecule has 6 nitrogen and oxygen atoms in total. The molecule has 2 heterocycles. The first kappa shape index (κ1) is 18.2. The fraction of sp³-hybridized carbons (Fsp3) is 0.150. The van der Waals surface area contributed by atoms with Crippen molar-refractivity contribution in [3.05, 3.63) is 66.2 Å². The summed E-state index contributed by atoms with van der Waals surface area (Å²) >= 11 is 1.23. The Labute approximate surface area is 165 Å². The highest BCUT2D eigenvalue weighted by Crippen LogP contribution is 2.36.